The molecule has 1 N–H and O–H groups in total. The molecule has 0 radical (unpaired) electrons. The van der Waals surface area contributed by atoms with Crippen LogP contribution in [0.1, 0.15) is 39.2 Å². The van der Waals surface area contributed by atoms with Gasteiger partial charge in [-0.25, -0.2) is 9.50 Å². The number of aromatic nitrogens is 4. The molecule has 0 atom stereocenters. The molecular formula is C26H29N5OS. The Morgan fingerprint density at radius 2 is 1.82 bits per heavy atom. The van der Waals surface area contributed by atoms with Crippen LogP contribution >= 0.6 is 11.8 Å². The van der Waals surface area contributed by atoms with Crippen molar-refractivity contribution in [2.45, 2.75) is 45.7 Å². The predicted octanol–water partition coefficient (Wildman–Crippen LogP) is 4.40. The fourth-order valence-corrected chi connectivity index (χ4v) is 4.51. The summed E-state index contributed by atoms with van der Waals surface area (Å²) >= 11 is 1.33. The molecule has 0 aliphatic rings. The third-order valence-electron chi connectivity index (χ3n) is 5.81. The van der Waals surface area contributed by atoms with E-state index in [1.807, 2.05) is 25.1 Å². The molecule has 33 heavy (non-hydrogen) atoms. The summed E-state index contributed by atoms with van der Waals surface area (Å²) in [4.78, 5) is 21.5. The first-order chi connectivity index (χ1) is 15.9. The van der Waals surface area contributed by atoms with Crippen LogP contribution in [0.15, 0.2) is 53.7 Å². The maximum atomic E-state index is 12.2. The monoisotopic (exact) mass is 459 g/mol. The van der Waals surface area contributed by atoms with Crippen LogP contribution in [-0.2, 0) is 17.6 Å². The van der Waals surface area contributed by atoms with Crippen LogP contribution in [-0.4, -0.2) is 37.8 Å². The second kappa shape index (κ2) is 10.2. The SMILES string of the molecule is Cc1ccc(C)c(Cc2c(C)nc3nc(SCC(=O)NCCc4ccccc4)nn3c2C)c1. The van der Waals surface area contributed by atoms with E-state index in [0.29, 0.717) is 17.5 Å². The van der Waals surface area contributed by atoms with Crippen molar-refractivity contribution < 1.29 is 4.79 Å². The Labute approximate surface area is 198 Å². The molecule has 1 amide bonds. The van der Waals surface area contributed by atoms with E-state index >= 15 is 0 Å². The minimum absolute atomic E-state index is 0.0220. The lowest BCUT2D eigenvalue weighted by Crippen LogP contribution is -2.27. The number of benzene rings is 2. The van der Waals surface area contributed by atoms with Crippen molar-refractivity contribution in [2.24, 2.45) is 0 Å². The molecule has 6 nitrogen and oxygen atoms in total. The molecule has 4 rings (SSSR count). The number of amides is 1. The van der Waals surface area contributed by atoms with Crippen molar-refractivity contribution >= 4 is 23.4 Å². The van der Waals surface area contributed by atoms with Gasteiger partial charge in [-0.05, 0) is 56.4 Å². The average Bonchev–Trinajstić information content (AvgIpc) is 3.21. The second-order valence-corrected chi connectivity index (χ2v) is 9.29. The molecule has 0 bridgehead atoms. The number of rotatable bonds is 8. The molecule has 4 aromatic rings. The van der Waals surface area contributed by atoms with Gasteiger partial charge in [-0.15, -0.1) is 5.10 Å². The van der Waals surface area contributed by atoms with Crippen LogP contribution in [0, 0.1) is 27.7 Å². The fourth-order valence-electron chi connectivity index (χ4n) is 3.86. The molecule has 0 aliphatic carbocycles. The van der Waals surface area contributed by atoms with Gasteiger partial charge in [0.15, 0.2) is 0 Å². The highest BCUT2D eigenvalue weighted by Crippen LogP contribution is 2.22. The van der Waals surface area contributed by atoms with Crippen molar-refractivity contribution in [3.8, 4) is 0 Å². The first-order valence-corrected chi connectivity index (χ1v) is 12.1. The van der Waals surface area contributed by atoms with Gasteiger partial charge in [-0.3, -0.25) is 4.79 Å². The number of hydrogen-bond donors (Lipinski definition) is 1. The smallest absolute Gasteiger partial charge is 0.253 e. The molecule has 2 aromatic heterocycles. The Kier molecular flexibility index (Phi) is 7.08. The number of carbonyl (C=O) groups excluding carboxylic acids is 1. The molecule has 0 unspecified atom stereocenters. The zero-order valence-electron chi connectivity index (χ0n) is 19.6. The van der Waals surface area contributed by atoms with Gasteiger partial charge in [-0.1, -0.05) is 65.9 Å². The molecule has 2 aromatic carbocycles. The van der Waals surface area contributed by atoms with Gasteiger partial charge in [0.1, 0.15) is 0 Å². The summed E-state index contributed by atoms with van der Waals surface area (Å²) in [7, 11) is 0. The zero-order valence-corrected chi connectivity index (χ0v) is 20.4. The summed E-state index contributed by atoms with van der Waals surface area (Å²) in [6.45, 7) is 8.95. The summed E-state index contributed by atoms with van der Waals surface area (Å²) < 4.78 is 1.79. The fraction of sp³-hybridized carbons (Fsp3) is 0.308. The Bertz CT molecular complexity index is 1280. The molecule has 7 heteroatoms. The number of nitrogens with zero attached hydrogens (tertiary/aromatic N) is 4. The highest BCUT2D eigenvalue weighted by molar-refractivity contribution is 7.99. The standard InChI is InChI=1S/C26H29N5OS/c1-17-10-11-18(2)22(14-17)15-23-19(3)28-25-29-26(30-31(25)20(23)4)33-16-24(32)27-13-12-21-8-6-5-7-9-21/h5-11,14H,12-13,15-16H2,1-4H3,(H,27,32). The first kappa shape index (κ1) is 23.0. The van der Waals surface area contributed by atoms with Gasteiger partial charge in [0.05, 0.1) is 5.75 Å². The number of fused-ring (bicyclic) bond motifs is 1. The van der Waals surface area contributed by atoms with Crippen molar-refractivity contribution in [2.75, 3.05) is 12.3 Å². The topological polar surface area (TPSA) is 72.2 Å². The van der Waals surface area contributed by atoms with E-state index in [2.05, 4.69) is 66.5 Å². The molecule has 0 aliphatic heterocycles. The zero-order chi connectivity index (χ0) is 23.4. The van der Waals surface area contributed by atoms with Crippen molar-refractivity contribution in [1.82, 2.24) is 24.9 Å². The van der Waals surface area contributed by atoms with Crippen LogP contribution < -0.4 is 5.32 Å². The second-order valence-electron chi connectivity index (χ2n) is 8.35. The quantitative estimate of drug-likeness (QED) is 0.396. The van der Waals surface area contributed by atoms with Gasteiger partial charge < -0.3 is 5.32 Å². The molecule has 0 saturated heterocycles. The van der Waals surface area contributed by atoms with E-state index < -0.39 is 0 Å². The first-order valence-electron chi connectivity index (χ1n) is 11.1. The Morgan fingerprint density at radius 3 is 2.61 bits per heavy atom. The van der Waals surface area contributed by atoms with E-state index in [0.717, 1.165) is 29.8 Å². The summed E-state index contributed by atoms with van der Waals surface area (Å²) in [5.41, 5.74) is 8.18. The predicted molar refractivity (Wildman–Crippen MR) is 133 cm³/mol. The Balaban J connectivity index is 1.42. The number of aryl methyl sites for hydroxylation is 4. The molecule has 170 valence electrons. The molecule has 0 spiro atoms. The van der Waals surface area contributed by atoms with Crippen LogP contribution in [0.25, 0.3) is 5.78 Å². The van der Waals surface area contributed by atoms with Gasteiger partial charge in [-0.2, -0.15) is 4.98 Å². The van der Waals surface area contributed by atoms with Crippen LogP contribution in [0.2, 0.25) is 0 Å². The minimum atomic E-state index is -0.0220. The number of thioether (sulfide) groups is 1. The Hall–Kier alpha value is -3.19. The Morgan fingerprint density at radius 1 is 1.03 bits per heavy atom. The molecule has 0 fully saturated rings. The largest absolute Gasteiger partial charge is 0.355 e. The molecular weight excluding hydrogens is 430 g/mol. The van der Waals surface area contributed by atoms with Crippen molar-refractivity contribution in [3.63, 3.8) is 0 Å². The highest BCUT2D eigenvalue weighted by Gasteiger charge is 2.16. The van der Waals surface area contributed by atoms with E-state index in [1.54, 1.807) is 4.52 Å². The third-order valence-corrected chi connectivity index (χ3v) is 6.65. The van der Waals surface area contributed by atoms with E-state index in [4.69, 9.17) is 4.98 Å². The van der Waals surface area contributed by atoms with E-state index in [1.165, 1.54) is 34.0 Å². The molecule has 0 saturated carbocycles. The summed E-state index contributed by atoms with van der Waals surface area (Å²) in [6, 6.07) is 16.7. The van der Waals surface area contributed by atoms with Crippen LogP contribution in [0.5, 0.6) is 0 Å². The number of carbonyl (C=O) groups is 1. The summed E-state index contributed by atoms with van der Waals surface area (Å²) in [5, 5.41) is 8.15. The lowest BCUT2D eigenvalue weighted by molar-refractivity contribution is -0.118. The minimum Gasteiger partial charge on any atom is -0.355 e. The average molecular weight is 460 g/mol. The van der Waals surface area contributed by atoms with Gasteiger partial charge in [0.25, 0.3) is 5.78 Å². The normalized spacial score (nSPS) is 11.2. The number of hydrogen-bond acceptors (Lipinski definition) is 5. The van der Waals surface area contributed by atoms with Crippen molar-refractivity contribution in [3.05, 3.63) is 87.7 Å². The highest BCUT2D eigenvalue weighted by atomic mass is 32.2. The van der Waals surface area contributed by atoms with Gasteiger partial charge >= 0.3 is 0 Å². The lowest BCUT2D eigenvalue weighted by Gasteiger charge is -2.12. The summed E-state index contributed by atoms with van der Waals surface area (Å²) in [6.07, 6.45) is 1.62. The van der Waals surface area contributed by atoms with Gasteiger partial charge in [0.2, 0.25) is 11.1 Å². The van der Waals surface area contributed by atoms with Crippen LogP contribution in [0.4, 0.5) is 0 Å². The van der Waals surface area contributed by atoms with Gasteiger partial charge in [0, 0.05) is 24.4 Å². The lowest BCUT2D eigenvalue weighted by atomic mass is 9.97. The van der Waals surface area contributed by atoms with E-state index in [-0.39, 0.29) is 11.7 Å². The van der Waals surface area contributed by atoms with E-state index in [9.17, 15) is 4.79 Å². The molecule has 2 heterocycles. The third kappa shape index (κ3) is 5.60. The maximum absolute atomic E-state index is 12.2. The maximum Gasteiger partial charge on any atom is 0.253 e. The summed E-state index contributed by atoms with van der Waals surface area (Å²) in [5.74, 6) is 0.826. The van der Waals surface area contributed by atoms with Crippen molar-refractivity contribution in [1.29, 1.82) is 0 Å². The number of nitrogens with one attached hydrogen (secondary N) is 1. The van der Waals surface area contributed by atoms with Crippen LogP contribution in [0.3, 0.4) is 0 Å².